The van der Waals surface area contributed by atoms with Crippen LogP contribution < -0.4 is 14.9 Å². The second kappa shape index (κ2) is 9.16. The summed E-state index contributed by atoms with van der Waals surface area (Å²) in [6.45, 7) is 1.80. The van der Waals surface area contributed by atoms with Gasteiger partial charge in [-0.3, -0.25) is 9.89 Å². The number of aryl methyl sites for hydroxylation is 1. The Morgan fingerprint density at radius 1 is 1.17 bits per heavy atom. The van der Waals surface area contributed by atoms with Crippen LogP contribution in [0.15, 0.2) is 58.1 Å². The molecule has 148 valence electrons. The second-order valence-electron chi connectivity index (χ2n) is 5.91. The highest BCUT2D eigenvalue weighted by molar-refractivity contribution is 9.10. The lowest BCUT2D eigenvalue weighted by Gasteiger charge is -2.10. The van der Waals surface area contributed by atoms with Crippen molar-refractivity contribution >= 4 is 34.0 Å². The molecule has 3 aromatic rings. The van der Waals surface area contributed by atoms with Gasteiger partial charge in [0.2, 0.25) is 0 Å². The fourth-order valence-corrected chi connectivity index (χ4v) is 2.83. The van der Waals surface area contributed by atoms with E-state index in [1.807, 2.05) is 6.07 Å². The number of nitrogens with one attached hydrogen (secondary N) is 2. The van der Waals surface area contributed by atoms with E-state index in [2.05, 4.69) is 36.7 Å². The van der Waals surface area contributed by atoms with Crippen LogP contribution in [0, 0.1) is 6.92 Å². The number of aromatic nitrogens is 2. The van der Waals surface area contributed by atoms with Crippen molar-refractivity contribution in [1.29, 1.82) is 0 Å². The molecule has 2 aromatic carbocycles. The number of ether oxygens (including phenoxy) is 2. The first-order valence-corrected chi connectivity index (χ1v) is 9.27. The van der Waals surface area contributed by atoms with E-state index in [9.17, 15) is 9.59 Å². The first-order chi connectivity index (χ1) is 14.0. The first-order valence-electron chi connectivity index (χ1n) is 8.48. The van der Waals surface area contributed by atoms with Crippen LogP contribution in [0.25, 0.3) is 0 Å². The third-order valence-electron chi connectivity index (χ3n) is 3.80. The van der Waals surface area contributed by atoms with Crippen LogP contribution in [0.3, 0.4) is 0 Å². The summed E-state index contributed by atoms with van der Waals surface area (Å²) in [6, 6.07) is 13.5. The molecule has 1 heterocycles. The van der Waals surface area contributed by atoms with Gasteiger partial charge in [-0.05, 0) is 64.8 Å². The Kier molecular flexibility index (Phi) is 6.40. The van der Waals surface area contributed by atoms with Gasteiger partial charge in [-0.15, -0.1) is 0 Å². The van der Waals surface area contributed by atoms with E-state index in [0.717, 1.165) is 5.69 Å². The Labute approximate surface area is 175 Å². The summed E-state index contributed by atoms with van der Waals surface area (Å²) < 4.78 is 11.4. The number of benzene rings is 2. The van der Waals surface area contributed by atoms with Crippen molar-refractivity contribution in [3.63, 3.8) is 0 Å². The first kappa shape index (κ1) is 20.3. The quantitative estimate of drug-likeness (QED) is 0.255. The molecule has 0 spiro atoms. The monoisotopic (exact) mass is 456 g/mol. The van der Waals surface area contributed by atoms with E-state index in [1.165, 1.54) is 13.3 Å². The van der Waals surface area contributed by atoms with Crippen LogP contribution in [-0.4, -0.2) is 35.4 Å². The third kappa shape index (κ3) is 5.08. The molecule has 9 heteroatoms. The largest absolute Gasteiger partial charge is 0.493 e. The number of amides is 1. The molecular weight excluding hydrogens is 440 g/mol. The zero-order valence-corrected chi connectivity index (χ0v) is 17.2. The fraction of sp³-hybridized carbons (Fsp3) is 0.100. The molecule has 0 aliphatic heterocycles. The van der Waals surface area contributed by atoms with Crippen LogP contribution in [0.1, 0.15) is 32.1 Å². The van der Waals surface area contributed by atoms with Crippen LogP contribution in [0.4, 0.5) is 0 Å². The van der Waals surface area contributed by atoms with Crippen LogP contribution in [0.5, 0.6) is 11.5 Å². The van der Waals surface area contributed by atoms with E-state index in [1.54, 1.807) is 49.4 Å². The molecule has 0 aliphatic rings. The molecule has 0 aliphatic carbocycles. The van der Waals surface area contributed by atoms with E-state index < -0.39 is 11.9 Å². The Balaban J connectivity index is 1.69. The molecule has 1 aromatic heterocycles. The summed E-state index contributed by atoms with van der Waals surface area (Å²) in [6.07, 6.45) is 1.44. The highest BCUT2D eigenvalue weighted by atomic mass is 79.9. The molecule has 0 bridgehead atoms. The minimum absolute atomic E-state index is 0.242. The van der Waals surface area contributed by atoms with Crippen molar-refractivity contribution in [2.75, 3.05) is 7.11 Å². The number of H-pyrrole nitrogens is 1. The predicted octanol–water partition coefficient (Wildman–Crippen LogP) is 3.47. The van der Waals surface area contributed by atoms with E-state index >= 15 is 0 Å². The van der Waals surface area contributed by atoms with Gasteiger partial charge < -0.3 is 9.47 Å². The Bertz CT molecular complexity index is 1080. The Morgan fingerprint density at radius 3 is 2.66 bits per heavy atom. The highest BCUT2D eigenvalue weighted by Crippen LogP contribution is 2.29. The molecule has 0 saturated heterocycles. The smallest absolute Gasteiger partial charge is 0.344 e. The normalized spacial score (nSPS) is 10.7. The summed E-state index contributed by atoms with van der Waals surface area (Å²) in [5.74, 6) is -0.333. The summed E-state index contributed by atoms with van der Waals surface area (Å²) >= 11 is 3.33. The van der Waals surface area contributed by atoms with Gasteiger partial charge in [0.1, 0.15) is 0 Å². The molecule has 2 N–H and O–H groups in total. The molecule has 0 radical (unpaired) electrons. The van der Waals surface area contributed by atoms with E-state index in [4.69, 9.17) is 9.47 Å². The maximum Gasteiger partial charge on any atom is 0.344 e. The van der Waals surface area contributed by atoms with Crippen molar-refractivity contribution < 1.29 is 19.1 Å². The number of nitrogens with zero attached hydrogens (tertiary/aromatic N) is 2. The SMILES string of the molecule is COc1cc(C=NNC(=O)c2cc(C)[nH]n2)ccc1OC(=O)c1ccccc1Br. The molecule has 0 unspecified atom stereocenters. The van der Waals surface area contributed by atoms with Gasteiger partial charge in [-0.25, -0.2) is 10.2 Å². The molecular formula is C20H17BrN4O4. The van der Waals surface area contributed by atoms with Gasteiger partial charge in [0.25, 0.3) is 5.91 Å². The zero-order chi connectivity index (χ0) is 20.8. The van der Waals surface area contributed by atoms with Crippen LogP contribution >= 0.6 is 15.9 Å². The molecule has 29 heavy (non-hydrogen) atoms. The summed E-state index contributed by atoms with van der Waals surface area (Å²) in [5, 5.41) is 10.4. The Hall–Kier alpha value is -3.46. The van der Waals surface area contributed by atoms with Crippen LogP contribution in [-0.2, 0) is 0 Å². The molecule has 1 amide bonds. The van der Waals surface area contributed by atoms with Crippen molar-refractivity contribution in [1.82, 2.24) is 15.6 Å². The number of carbonyl (C=O) groups excluding carboxylic acids is 2. The molecule has 3 rings (SSSR count). The lowest BCUT2D eigenvalue weighted by Crippen LogP contribution is -2.18. The van der Waals surface area contributed by atoms with Gasteiger partial charge in [0, 0.05) is 10.2 Å². The number of rotatable bonds is 6. The number of carbonyl (C=O) groups is 2. The summed E-state index contributed by atoms with van der Waals surface area (Å²) in [4.78, 5) is 24.3. The summed E-state index contributed by atoms with van der Waals surface area (Å²) in [7, 11) is 1.47. The van der Waals surface area contributed by atoms with Gasteiger partial charge in [-0.1, -0.05) is 12.1 Å². The fourth-order valence-electron chi connectivity index (χ4n) is 2.39. The van der Waals surface area contributed by atoms with E-state index in [0.29, 0.717) is 21.3 Å². The number of esters is 1. The minimum Gasteiger partial charge on any atom is -0.493 e. The number of hydrogen-bond acceptors (Lipinski definition) is 6. The van der Waals surface area contributed by atoms with E-state index in [-0.39, 0.29) is 11.4 Å². The van der Waals surface area contributed by atoms with Crippen molar-refractivity contribution in [2.45, 2.75) is 6.92 Å². The predicted molar refractivity (Wildman–Crippen MR) is 110 cm³/mol. The molecule has 0 atom stereocenters. The number of aromatic amines is 1. The number of methoxy groups -OCH3 is 1. The van der Waals surface area contributed by atoms with Crippen molar-refractivity contribution in [3.05, 3.63) is 75.5 Å². The van der Waals surface area contributed by atoms with Gasteiger partial charge in [0.05, 0.1) is 18.9 Å². The molecule has 8 nitrogen and oxygen atoms in total. The average molecular weight is 457 g/mol. The molecule has 0 saturated carbocycles. The lowest BCUT2D eigenvalue weighted by atomic mass is 10.2. The minimum atomic E-state index is -0.515. The Morgan fingerprint density at radius 2 is 1.97 bits per heavy atom. The number of halogens is 1. The van der Waals surface area contributed by atoms with Crippen LogP contribution in [0.2, 0.25) is 0 Å². The average Bonchev–Trinajstić information content (AvgIpc) is 3.15. The topological polar surface area (TPSA) is 106 Å². The lowest BCUT2D eigenvalue weighted by molar-refractivity contribution is 0.0728. The van der Waals surface area contributed by atoms with Crippen molar-refractivity contribution in [2.24, 2.45) is 5.10 Å². The second-order valence-corrected chi connectivity index (χ2v) is 6.77. The molecule has 0 fully saturated rings. The maximum atomic E-state index is 12.4. The number of hydrogen-bond donors (Lipinski definition) is 2. The third-order valence-corrected chi connectivity index (χ3v) is 4.49. The van der Waals surface area contributed by atoms with Gasteiger partial charge >= 0.3 is 5.97 Å². The highest BCUT2D eigenvalue weighted by Gasteiger charge is 2.15. The standard InChI is InChI=1S/C20H17BrN4O4/c1-12-9-16(24-23-12)19(26)25-22-11-13-7-8-17(18(10-13)28-2)29-20(27)14-5-3-4-6-15(14)21/h3-11H,1-2H3,(H,23,24)(H,25,26). The number of hydrazone groups is 1. The maximum absolute atomic E-state index is 12.4. The van der Waals surface area contributed by atoms with Gasteiger partial charge in [-0.2, -0.15) is 10.2 Å². The van der Waals surface area contributed by atoms with Crippen molar-refractivity contribution in [3.8, 4) is 11.5 Å². The van der Waals surface area contributed by atoms with Gasteiger partial charge in [0.15, 0.2) is 17.2 Å². The zero-order valence-electron chi connectivity index (χ0n) is 15.6. The summed E-state index contributed by atoms with van der Waals surface area (Å²) in [5.41, 5.74) is 4.45.